The second kappa shape index (κ2) is 6.09. The Morgan fingerprint density at radius 2 is 1.79 bits per heavy atom. The zero-order chi connectivity index (χ0) is 13.9. The van der Waals surface area contributed by atoms with Crippen molar-refractivity contribution in [3.63, 3.8) is 0 Å². The average molecular weight is 259 g/mol. The van der Waals surface area contributed by atoms with Crippen molar-refractivity contribution < 1.29 is 0 Å². The lowest BCUT2D eigenvalue weighted by molar-refractivity contribution is 0.307. The molecule has 1 nitrogen and oxygen atoms in total. The summed E-state index contributed by atoms with van der Waals surface area (Å²) in [4.78, 5) is 0. The SMILES string of the molecule is Cc1ccc([C@H](C)NC2CCCC(C)(C)CC2)cc1. The van der Waals surface area contributed by atoms with E-state index in [0.717, 1.165) is 0 Å². The molecule has 1 fully saturated rings. The van der Waals surface area contributed by atoms with Crippen LogP contribution in [0.1, 0.15) is 70.0 Å². The number of aryl methyl sites for hydroxylation is 1. The van der Waals surface area contributed by atoms with Crippen molar-refractivity contribution in [1.82, 2.24) is 5.32 Å². The number of hydrogen-bond acceptors (Lipinski definition) is 1. The molecule has 0 spiro atoms. The van der Waals surface area contributed by atoms with E-state index in [1.54, 1.807) is 0 Å². The molecule has 0 aromatic heterocycles. The Hall–Kier alpha value is -0.820. The second-order valence-corrected chi connectivity index (χ2v) is 7.09. The van der Waals surface area contributed by atoms with Crippen molar-refractivity contribution in [1.29, 1.82) is 0 Å². The maximum absolute atomic E-state index is 3.83. The first kappa shape index (κ1) is 14.6. The zero-order valence-corrected chi connectivity index (χ0v) is 13.0. The monoisotopic (exact) mass is 259 g/mol. The molecule has 19 heavy (non-hydrogen) atoms. The number of rotatable bonds is 3. The molecule has 1 aromatic rings. The molecule has 0 amide bonds. The Kier molecular flexibility index (Phi) is 4.67. The molecule has 0 heterocycles. The summed E-state index contributed by atoms with van der Waals surface area (Å²) < 4.78 is 0. The lowest BCUT2D eigenvalue weighted by atomic mass is 9.85. The van der Waals surface area contributed by atoms with Crippen LogP contribution < -0.4 is 5.32 Å². The average Bonchev–Trinajstić information content (AvgIpc) is 2.52. The minimum absolute atomic E-state index is 0.465. The van der Waals surface area contributed by atoms with Crippen LogP contribution in [0, 0.1) is 12.3 Å². The van der Waals surface area contributed by atoms with Gasteiger partial charge in [-0.05, 0) is 50.5 Å². The molecular formula is C18H29N. The fourth-order valence-electron chi connectivity index (χ4n) is 3.13. The molecule has 2 atom stereocenters. The van der Waals surface area contributed by atoms with Crippen LogP contribution in [0.25, 0.3) is 0 Å². The van der Waals surface area contributed by atoms with E-state index in [2.05, 4.69) is 57.3 Å². The summed E-state index contributed by atoms with van der Waals surface area (Å²) in [6.07, 6.45) is 6.75. The van der Waals surface area contributed by atoms with Crippen LogP contribution in [0.4, 0.5) is 0 Å². The topological polar surface area (TPSA) is 12.0 Å². The third-order valence-corrected chi connectivity index (χ3v) is 4.64. The maximum atomic E-state index is 3.83. The van der Waals surface area contributed by atoms with Crippen molar-refractivity contribution in [2.24, 2.45) is 5.41 Å². The molecule has 1 heteroatoms. The number of benzene rings is 1. The van der Waals surface area contributed by atoms with Crippen molar-refractivity contribution >= 4 is 0 Å². The van der Waals surface area contributed by atoms with Gasteiger partial charge in [0.15, 0.2) is 0 Å². The molecular weight excluding hydrogens is 230 g/mol. The standard InChI is InChI=1S/C18H29N/c1-14-7-9-16(10-8-14)15(2)19-17-6-5-12-18(3,4)13-11-17/h7-10,15,17,19H,5-6,11-13H2,1-4H3/t15-,17?/m0/s1. The van der Waals surface area contributed by atoms with Gasteiger partial charge < -0.3 is 5.32 Å². The first-order chi connectivity index (χ1) is 8.96. The van der Waals surface area contributed by atoms with Crippen LogP contribution in [0.2, 0.25) is 0 Å². The summed E-state index contributed by atoms with van der Waals surface area (Å²) >= 11 is 0. The molecule has 2 rings (SSSR count). The van der Waals surface area contributed by atoms with Crippen LogP contribution >= 0.6 is 0 Å². The van der Waals surface area contributed by atoms with Gasteiger partial charge in [0.2, 0.25) is 0 Å². The Morgan fingerprint density at radius 3 is 2.47 bits per heavy atom. The van der Waals surface area contributed by atoms with Crippen LogP contribution in [0.15, 0.2) is 24.3 Å². The fraction of sp³-hybridized carbons (Fsp3) is 0.667. The molecule has 106 valence electrons. The quantitative estimate of drug-likeness (QED) is 0.753. The van der Waals surface area contributed by atoms with Crippen LogP contribution in [0.3, 0.4) is 0 Å². The van der Waals surface area contributed by atoms with E-state index in [4.69, 9.17) is 0 Å². The maximum Gasteiger partial charge on any atom is 0.0294 e. The highest BCUT2D eigenvalue weighted by Gasteiger charge is 2.24. The first-order valence-corrected chi connectivity index (χ1v) is 7.79. The summed E-state index contributed by atoms with van der Waals surface area (Å²) in [5, 5.41) is 3.83. The normalized spacial score (nSPS) is 24.7. The van der Waals surface area contributed by atoms with E-state index in [1.165, 1.54) is 43.2 Å². The van der Waals surface area contributed by atoms with Gasteiger partial charge in [-0.3, -0.25) is 0 Å². The molecule has 0 aliphatic heterocycles. The molecule has 0 radical (unpaired) electrons. The first-order valence-electron chi connectivity index (χ1n) is 7.79. The molecule has 1 aliphatic rings. The van der Waals surface area contributed by atoms with Gasteiger partial charge in [-0.25, -0.2) is 0 Å². The van der Waals surface area contributed by atoms with Gasteiger partial charge in [-0.2, -0.15) is 0 Å². The Balaban J connectivity index is 1.91. The van der Waals surface area contributed by atoms with Gasteiger partial charge >= 0.3 is 0 Å². The number of nitrogens with one attached hydrogen (secondary N) is 1. The Bertz CT molecular complexity index is 391. The zero-order valence-electron chi connectivity index (χ0n) is 13.0. The van der Waals surface area contributed by atoms with Gasteiger partial charge in [0.25, 0.3) is 0 Å². The van der Waals surface area contributed by atoms with E-state index in [0.29, 0.717) is 17.5 Å². The molecule has 0 saturated heterocycles. The highest BCUT2D eigenvalue weighted by atomic mass is 14.9. The minimum atomic E-state index is 0.465. The van der Waals surface area contributed by atoms with Gasteiger partial charge in [0.1, 0.15) is 0 Å². The lowest BCUT2D eigenvalue weighted by Crippen LogP contribution is -2.31. The predicted molar refractivity (Wildman–Crippen MR) is 83.4 cm³/mol. The summed E-state index contributed by atoms with van der Waals surface area (Å²) in [6.45, 7) is 9.27. The molecule has 0 bridgehead atoms. The van der Waals surface area contributed by atoms with E-state index < -0.39 is 0 Å². The fourth-order valence-corrected chi connectivity index (χ4v) is 3.13. The van der Waals surface area contributed by atoms with Gasteiger partial charge in [0.05, 0.1) is 0 Å². The predicted octanol–water partition coefficient (Wildman–Crippen LogP) is 5.00. The molecule has 1 unspecified atom stereocenters. The summed E-state index contributed by atoms with van der Waals surface area (Å²) in [7, 11) is 0. The highest BCUT2D eigenvalue weighted by Crippen LogP contribution is 2.34. The van der Waals surface area contributed by atoms with Gasteiger partial charge in [0, 0.05) is 12.1 Å². The minimum Gasteiger partial charge on any atom is -0.307 e. The van der Waals surface area contributed by atoms with E-state index in [9.17, 15) is 0 Å². The van der Waals surface area contributed by atoms with E-state index in [-0.39, 0.29) is 0 Å². The van der Waals surface area contributed by atoms with E-state index >= 15 is 0 Å². The van der Waals surface area contributed by atoms with Crippen molar-refractivity contribution in [3.05, 3.63) is 35.4 Å². The van der Waals surface area contributed by atoms with Crippen LogP contribution in [0.5, 0.6) is 0 Å². The molecule has 1 aliphatic carbocycles. The van der Waals surface area contributed by atoms with Crippen molar-refractivity contribution in [2.75, 3.05) is 0 Å². The summed E-state index contributed by atoms with van der Waals surface area (Å²) in [6, 6.07) is 10.1. The van der Waals surface area contributed by atoms with Gasteiger partial charge in [-0.1, -0.05) is 50.1 Å². The third-order valence-electron chi connectivity index (χ3n) is 4.64. The highest BCUT2D eigenvalue weighted by molar-refractivity contribution is 5.23. The molecule has 1 aromatic carbocycles. The second-order valence-electron chi connectivity index (χ2n) is 7.09. The Labute approximate surface area is 118 Å². The van der Waals surface area contributed by atoms with Crippen molar-refractivity contribution in [3.8, 4) is 0 Å². The molecule has 1 N–H and O–H groups in total. The van der Waals surface area contributed by atoms with Gasteiger partial charge in [-0.15, -0.1) is 0 Å². The number of hydrogen-bond donors (Lipinski definition) is 1. The van der Waals surface area contributed by atoms with E-state index in [1.807, 2.05) is 0 Å². The van der Waals surface area contributed by atoms with Crippen LogP contribution in [-0.2, 0) is 0 Å². The molecule has 1 saturated carbocycles. The lowest BCUT2D eigenvalue weighted by Gasteiger charge is -2.24. The van der Waals surface area contributed by atoms with Crippen molar-refractivity contribution in [2.45, 2.75) is 71.9 Å². The summed E-state index contributed by atoms with van der Waals surface area (Å²) in [5.41, 5.74) is 3.30. The smallest absolute Gasteiger partial charge is 0.0294 e. The van der Waals surface area contributed by atoms with Crippen LogP contribution in [-0.4, -0.2) is 6.04 Å². The third kappa shape index (κ3) is 4.35. The Morgan fingerprint density at radius 1 is 1.11 bits per heavy atom. The largest absolute Gasteiger partial charge is 0.307 e. The summed E-state index contributed by atoms with van der Waals surface area (Å²) in [5.74, 6) is 0.